The van der Waals surface area contributed by atoms with Crippen LogP contribution in [0, 0.1) is 0 Å². The second kappa shape index (κ2) is 5.60. The van der Waals surface area contributed by atoms with Crippen LogP contribution in [0.1, 0.15) is 16.2 Å². The lowest BCUT2D eigenvalue weighted by molar-refractivity contribution is 0.0334. The average Bonchev–Trinajstić information content (AvgIpc) is 2.91. The Morgan fingerprint density at radius 1 is 1.40 bits per heavy atom. The molecule has 0 bridgehead atoms. The van der Waals surface area contributed by atoms with Gasteiger partial charge in [0.05, 0.1) is 32.2 Å². The molecule has 0 atom stereocenters. The number of rotatable bonds is 3. The summed E-state index contributed by atoms with van der Waals surface area (Å²) in [6, 6.07) is 5.45. The summed E-state index contributed by atoms with van der Waals surface area (Å²) in [6.07, 6.45) is 1.82. The van der Waals surface area contributed by atoms with Gasteiger partial charge in [-0.1, -0.05) is 6.07 Å². The van der Waals surface area contributed by atoms with Crippen molar-refractivity contribution in [1.29, 1.82) is 0 Å². The number of pyridine rings is 1. The summed E-state index contributed by atoms with van der Waals surface area (Å²) >= 11 is 0. The first-order valence-corrected chi connectivity index (χ1v) is 6.63. The lowest BCUT2D eigenvalue weighted by Crippen LogP contribution is -2.36. The molecule has 0 unspecified atom stereocenters. The summed E-state index contributed by atoms with van der Waals surface area (Å²) in [5.41, 5.74) is 2.25. The van der Waals surface area contributed by atoms with Gasteiger partial charge in [-0.05, 0) is 12.1 Å². The molecule has 1 fully saturated rings. The van der Waals surface area contributed by atoms with E-state index >= 15 is 0 Å². The quantitative estimate of drug-likeness (QED) is 0.781. The fourth-order valence-electron chi connectivity index (χ4n) is 2.46. The summed E-state index contributed by atoms with van der Waals surface area (Å²) in [7, 11) is 1.39. The molecule has 0 saturated carbocycles. The van der Waals surface area contributed by atoms with Crippen LogP contribution in [0.2, 0.25) is 0 Å². The summed E-state index contributed by atoms with van der Waals surface area (Å²) in [4.78, 5) is 18.5. The molecule has 20 heavy (non-hydrogen) atoms. The van der Waals surface area contributed by atoms with Crippen LogP contribution in [0.15, 0.2) is 24.4 Å². The van der Waals surface area contributed by atoms with Gasteiger partial charge >= 0.3 is 5.97 Å². The molecule has 0 N–H and O–H groups in total. The van der Waals surface area contributed by atoms with Crippen LogP contribution < -0.4 is 0 Å². The fourth-order valence-corrected chi connectivity index (χ4v) is 2.46. The number of esters is 1. The molecule has 0 spiro atoms. The monoisotopic (exact) mass is 275 g/mol. The molecular formula is C14H17N3O3. The number of morpholine rings is 1. The van der Waals surface area contributed by atoms with Gasteiger partial charge in [-0.2, -0.15) is 0 Å². The maximum Gasteiger partial charge on any atom is 0.355 e. The van der Waals surface area contributed by atoms with Crippen LogP contribution in [0.4, 0.5) is 0 Å². The van der Waals surface area contributed by atoms with Crippen LogP contribution >= 0.6 is 0 Å². The van der Waals surface area contributed by atoms with E-state index in [-0.39, 0.29) is 5.97 Å². The molecule has 1 aliphatic rings. The van der Waals surface area contributed by atoms with Crippen LogP contribution in [-0.2, 0) is 16.0 Å². The molecule has 6 heteroatoms. The summed E-state index contributed by atoms with van der Waals surface area (Å²) in [6.45, 7) is 4.04. The minimum absolute atomic E-state index is 0.350. The number of aromatic nitrogens is 2. The zero-order chi connectivity index (χ0) is 13.9. The smallest absolute Gasteiger partial charge is 0.355 e. The average molecular weight is 275 g/mol. The van der Waals surface area contributed by atoms with Crippen LogP contribution in [0.25, 0.3) is 5.65 Å². The zero-order valence-corrected chi connectivity index (χ0v) is 11.4. The molecule has 0 radical (unpaired) electrons. The van der Waals surface area contributed by atoms with Crippen molar-refractivity contribution in [3.05, 3.63) is 35.8 Å². The highest BCUT2D eigenvalue weighted by Crippen LogP contribution is 2.14. The Balaban J connectivity index is 1.96. The fraction of sp³-hybridized carbons (Fsp3) is 0.429. The zero-order valence-electron chi connectivity index (χ0n) is 11.4. The lowest BCUT2D eigenvalue weighted by Gasteiger charge is -2.26. The minimum Gasteiger partial charge on any atom is -0.464 e. The third-order valence-electron chi connectivity index (χ3n) is 3.49. The van der Waals surface area contributed by atoms with Gasteiger partial charge < -0.3 is 9.47 Å². The maximum absolute atomic E-state index is 11.9. The van der Waals surface area contributed by atoms with Gasteiger partial charge in [0.1, 0.15) is 11.3 Å². The first-order valence-electron chi connectivity index (χ1n) is 6.63. The highest BCUT2D eigenvalue weighted by molar-refractivity contribution is 5.88. The predicted molar refractivity (Wildman–Crippen MR) is 72.6 cm³/mol. The Bertz CT molecular complexity index is 617. The number of hydrogen-bond donors (Lipinski definition) is 0. The number of hydrogen-bond acceptors (Lipinski definition) is 5. The molecule has 1 aliphatic heterocycles. The standard InChI is InChI=1S/C14H17N3O3/c1-19-14(18)12-3-2-4-13-15-9-11(17(12)13)10-16-5-7-20-8-6-16/h2-4,9H,5-8,10H2,1H3. The van der Waals surface area contributed by atoms with Crippen molar-refractivity contribution >= 4 is 11.6 Å². The van der Waals surface area contributed by atoms with E-state index in [0.717, 1.165) is 44.2 Å². The number of methoxy groups -OCH3 is 1. The number of carbonyl (C=O) groups is 1. The molecule has 3 rings (SSSR count). The molecule has 0 aromatic carbocycles. The second-order valence-electron chi connectivity index (χ2n) is 4.73. The van der Waals surface area contributed by atoms with Crippen molar-refractivity contribution < 1.29 is 14.3 Å². The van der Waals surface area contributed by atoms with E-state index < -0.39 is 0 Å². The van der Waals surface area contributed by atoms with Gasteiger partial charge in [0.25, 0.3) is 0 Å². The normalized spacial score (nSPS) is 16.4. The van der Waals surface area contributed by atoms with Crippen LogP contribution in [0.3, 0.4) is 0 Å². The highest BCUT2D eigenvalue weighted by Gasteiger charge is 2.17. The van der Waals surface area contributed by atoms with Crippen molar-refractivity contribution in [3.8, 4) is 0 Å². The summed E-state index contributed by atoms with van der Waals surface area (Å²) in [5, 5.41) is 0. The molecule has 2 aromatic heterocycles. The molecule has 0 aliphatic carbocycles. The van der Waals surface area contributed by atoms with E-state index in [1.54, 1.807) is 6.07 Å². The van der Waals surface area contributed by atoms with Gasteiger partial charge in [0.15, 0.2) is 0 Å². The van der Waals surface area contributed by atoms with E-state index in [2.05, 4.69) is 9.88 Å². The van der Waals surface area contributed by atoms with Gasteiger partial charge in [-0.25, -0.2) is 9.78 Å². The van der Waals surface area contributed by atoms with E-state index in [0.29, 0.717) is 5.69 Å². The Hall–Kier alpha value is -1.92. The molecular weight excluding hydrogens is 258 g/mol. The maximum atomic E-state index is 11.9. The highest BCUT2D eigenvalue weighted by atomic mass is 16.5. The van der Waals surface area contributed by atoms with Crippen molar-refractivity contribution in [1.82, 2.24) is 14.3 Å². The van der Waals surface area contributed by atoms with Crippen molar-refractivity contribution in [2.24, 2.45) is 0 Å². The van der Waals surface area contributed by atoms with E-state index in [1.807, 2.05) is 22.7 Å². The van der Waals surface area contributed by atoms with E-state index in [1.165, 1.54) is 7.11 Å². The predicted octanol–water partition coefficient (Wildman–Crippen LogP) is 0.953. The minimum atomic E-state index is -0.350. The first kappa shape index (κ1) is 13.1. The number of fused-ring (bicyclic) bond motifs is 1. The topological polar surface area (TPSA) is 56.1 Å². The second-order valence-corrected chi connectivity index (χ2v) is 4.73. The lowest BCUT2D eigenvalue weighted by atomic mass is 10.3. The van der Waals surface area contributed by atoms with Gasteiger partial charge in [0.2, 0.25) is 0 Å². The largest absolute Gasteiger partial charge is 0.464 e. The first-order chi connectivity index (χ1) is 9.79. The SMILES string of the molecule is COC(=O)c1cccc2ncc(CN3CCOCC3)n12. The third-order valence-corrected chi connectivity index (χ3v) is 3.49. The summed E-state index contributed by atoms with van der Waals surface area (Å²) < 4.78 is 12.0. The van der Waals surface area contributed by atoms with Gasteiger partial charge in [-0.15, -0.1) is 0 Å². The van der Waals surface area contributed by atoms with Gasteiger partial charge in [-0.3, -0.25) is 9.30 Å². The van der Waals surface area contributed by atoms with Gasteiger partial charge in [0, 0.05) is 19.6 Å². The molecule has 2 aromatic rings. The number of imidazole rings is 1. The number of carbonyl (C=O) groups excluding carboxylic acids is 1. The van der Waals surface area contributed by atoms with Crippen molar-refractivity contribution in [2.75, 3.05) is 33.4 Å². The van der Waals surface area contributed by atoms with E-state index in [9.17, 15) is 4.79 Å². The molecule has 1 saturated heterocycles. The number of nitrogens with zero attached hydrogens (tertiary/aromatic N) is 3. The molecule has 3 heterocycles. The molecule has 106 valence electrons. The Kier molecular flexibility index (Phi) is 3.66. The Labute approximate surface area is 116 Å². The Morgan fingerprint density at radius 2 is 2.20 bits per heavy atom. The third kappa shape index (κ3) is 2.39. The van der Waals surface area contributed by atoms with Crippen molar-refractivity contribution in [2.45, 2.75) is 6.54 Å². The molecule has 6 nitrogen and oxygen atoms in total. The van der Waals surface area contributed by atoms with Crippen molar-refractivity contribution in [3.63, 3.8) is 0 Å². The van der Waals surface area contributed by atoms with E-state index in [4.69, 9.17) is 9.47 Å². The number of ether oxygens (including phenoxy) is 2. The van der Waals surface area contributed by atoms with Crippen LogP contribution in [0.5, 0.6) is 0 Å². The molecule has 0 amide bonds. The summed E-state index contributed by atoms with van der Waals surface area (Å²) in [5.74, 6) is -0.350. The Morgan fingerprint density at radius 3 is 2.95 bits per heavy atom. The van der Waals surface area contributed by atoms with Crippen LogP contribution in [-0.4, -0.2) is 53.7 Å².